The van der Waals surface area contributed by atoms with Crippen LogP contribution in [0.25, 0.3) is 0 Å². The van der Waals surface area contributed by atoms with Gasteiger partial charge in [-0.1, -0.05) is 12.2 Å². The molecule has 3 aliphatic rings. The zero-order chi connectivity index (χ0) is 22.5. The fourth-order valence-electron chi connectivity index (χ4n) is 4.90. The Morgan fingerprint density at radius 3 is 2.47 bits per heavy atom. The lowest BCUT2D eigenvalue weighted by molar-refractivity contribution is -0.128. The molecule has 3 aliphatic heterocycles. The lowest BCUT2D eigenvalue weighted by atomic mass is 9.76. The van der Waals surface area contributed by atoms with Gasteiger partial charge in [-0.05, 0) is 36.4 Å². The summed E-state index contributed by atoms with van der Waals surface area (Å²) in [5, 5.41) is 2.92. The molecule has 0 aromatic heterocycles. The summed E-state index contributed by atoms with van der Waals surface area (Å²) in [6, 6.07) is 12.4. The Morgan fingerprint density at radius 1 is 1.06 bits per heavy atom. The van der Waals surface area contributed by atoms with Crippen molar-refractivity contribution >= 4 is 23.2 Å². The fraction of sp³-hybridized carbons (Fsp3) is 0.333. The summed E-state index contributed by atoms with van der Waals surface area (Å²) in [5.41, 5.74) is 0.459. The summed E-state index contributed by atoms with van der Waals surface area (Å²) in [5.74, 6) is 0.173. The van der Waals surface area contributed by atoms with Gasteiger partial charge in [-0.3, -0.25) is 9.59 Å². The molecule has 1 spiro atoms. The van der Waals surface area contributed by atoms with E-state index in [1.54, 1.807) is 37.3 Å². The minimum Gasteiger partial charge on any atom is -0.497 e. The topological polar surface area (TPSA) is 86.3 Å². The van der Waals surface area contributed by atoms with Crippen LogP contribution in [0.5, 0.6) is 17.2 Å². The minimum absolute atomic E-state index is 0.121. The monoisotopic (exact) mass is 436 g/mol. The molecule has 166 valence electrons. The maximum atomic E-state index is 13.5. The largest absolute Gasteiger partial charge is 0.497 e. The third-order valence-corrected chi connectivity index (χ3v) is 6.45. The van der Waals surface area contributed by atoms with E-state index in [4.69, 9.17) is 18.9 Å². The number of methoxy groups -OCH3 is 3. The van der Waals surface area contributed by atoms with Crippen LogP contribution in [0.2, 0.25) is 0 Å². The lowest BCUT2D eigenvalue weighted by Gasteiger charge is -2.24. The first kappa shape index (κ1) is 20.4. The van der Waals surface area contributed by atoms with Crippen molar-refractivity contribution in [3.8, 4) is 17.2 Å². The van der Waals surface area contributed by atoms with Gasteiger partial charge in [0.15, 0.2) is 0 Å². The average molecular weight is 436 g/mol. The molecule has 0 saturated carbocycles. The molecule has 0 radical (unpaired) electrons. The summed E-state index contributed by atoms with van der Waals surface area (Å²) in [6.07, 6.45) is 3.38. The molecule has 1 unspecified atom stereocenters. The van der Waals surface area contributed by atoms with Crippen LogP contribution in [0.4, 0.5) is 11.4 Å². The third kappa shape index (κ3) is 3.02. The molecule has 2 aromatic rings. The molecular weight excluding hydrogens is 412 g/mol. The Balaban J connectivity index is 1.41. The second-order valence-corrected chi connectivity index (χ2v) is 8.08. The number of ether oxygens (including phenoxy) is 4. The minimum atomic E-state index is -0.798. The van der Waals surface area contributed by atoms with Crippen LogP contribution in [-0.2, 0) is 14.3 Å². The van der Waals surface area contributed by atoms with E-state index in [-0.39, 0.29) is 11.8 Å². The SMILES string of the molecule is COc1ccc(N2C[C@@]34C=C[C@@H](O3)C(C(=O)Nc3ccc(OC)cc3OC)[C@H]4C2=O)cc1. The fourth-order valence-corrected chi connectivity index (χ4v) is 4.90. The van der Waals surface area contributed by atoms with Crippen molar-refractivity contribution in [1.82, 2.24) is 0 Å². The highest BCUT2D eigenvalue weighted by atomic mass is 16.5. The first-order chi connectivity index (χ1) is 15.5. The van der Waals surface area contributed by atoms with Crippen molar-refractivity contribution in [1.29, 1.82) is 0 Å². The van der Waals surface area contributed by atoms with E-state index < -0.39 is 23.5 Å². The van der Waals surface area contributed by atoms with Crippen LogP contribution in [0.15, 0.2) is 54.6 Å². The van der Waals surface area contributed by atoms with Crippen LogP contribution in [0, 0.1) is 11.8 Å². The zero-order valence-corrected chi connectivity index (χ0v) is 18.0. The number of benzene rings is 2. The van der Waals surface area contributed by atoms with Crippen molar-refractivity contribution < 1.29 is 28.5 Å². The van der Waals surface area contributed by atoms with Gasteiger partial charge >= 0.3 is 0 Å². The Morgan fingerprint density at radius 2 is 1.78 bits per heavy atom. The smallest absolute Gasteiger partial charge is 0.234 e. The normalized spacial score (nSPS) is 27.4. The Bertz CT molecular complexity index is 1100. The first-order valence-corrected chi connectivity index (χ1v) is 10.3. The Hall–Kier alpha value is -3.52. The highest BCUT2D eigenvalue weighted by molar-refractivity contribution is 6.05. The summed E-state index contributed by atoms with van der Waals surface area (Å²) in [7, 11) is 4.68. The van der Waals surface area contributed by atoms with E-state index in [2.05, 4.69) is 5.32 Å². The van der Waals surface area contributed by atoms with Crippen molar-refractivity contribution in [2.75, 3.05) is 38.1 Å². The van der Waals surface area contributed by atoms with E-state index in [9.17, 15) is 9.59 Å². The zero-order valence-electron chi connectivity index (χ0n) is 18.0. The molecule has 5 rings (SSSR count). The van der Waals surface area contributed by atoms with Crippen LogP contribution < -0.4 is 24.4 Å². The predicted molar refractivity (Wildman–Crippen MR) is 117 cm³/mol. The third-order valence-electron chi connectivity index (χ3n) is 6.45. The molecule has 0 aliphatic carbocycles. The number of hydrogen-bond donors (Lipinski definition) is 1. The number of nitrogens with one attached hydrogen (secondary N) is 1. The van der Waals surface area contributed by atoms with E-state index in [1.165, 1.54) is 7.11 Å². The number of rotatable bonds is 6. The van der Waals surface area contributed by atoms with E-state index in [0.717, 1.165) is 5.69 Å². The molecule has 1 N–H and O–H groups in total. The van der Waals surface area contributed by atoms with Gasteiger partial charge in [0.1, 0.15) is 22.8 Å². The van der Waals surface area contributed by atoms with Gasteiger partial charge in [0.05, 0.1) is 51.5 Å². The van der Waals surface area contributed by atoms with E-state index in [0.29, 0.717) is 29.5 Å². The second kappa shape index (κ2) is 7.56. The first-order valence-electron chi connectivity index (χ1n) is 10.3. The number of amides is 2. The van der Waals surface area contributed by atoms with Crippen molar-refractivity contribution in [3.63, 3.8) is 0 Å². The van der Waals surface area contributed by atoms with Crippen molar-refractivity contribution in [3.05, 3.63) is 54.6 Å². The average Bonchev–Trinajstić information content (AvgIpc) is 3.47. The molecular formula is C24H24N2O6. The Kier molecular flexibility index (Phi) is 4.82. The molecule has 2 fully saturated rings. The van der Waals surface area contributed by atoms with Gasteiger partial charge in [0.25, 0.3) is 0 Å². The number of carbonyl (C=O) groups is 2. The standard InChI is InChI=1S/C24H24N2O6/c1-29-15-6-4-14(5-7-15)26-13-24-11-10-18(32-24)20(21(24)23(26)28)22(27)25-17-9-8-16(30-2)12-19(17)31-3/h4-12,18,20-21H,13H2,1-3H3,(H,25,27)/t18-,20?,21+,24-/m1/s1. The Labute approximate surface area is 185 Å². The quantitative estimate of drug-likeness (QED) is 0.701. The van der Waals surface area contributed by atoms with Gasteiger partial charge in [-0.25, -0.2) is 0 Å². The molecule has 2 amide bonds. The summed E-state index contributed by atoms with van der Waals surface area (Å²) >= 11 is 0. The van der Waals surface area contributed by atoms with Gasteiger partial charge in [0, 0.05) is 11.8 Å². The molecule has 2 aromatic carbocycles. The van der Waals surface area contributed by atoms with Crippen molar-refractivity contribution in [2.45, 2.75) is 11.7 Å². The van der Waals surface area contributed by atoms with Gasteiger partial charge in [0.2, 0.25) is 11.8 Å². The predicted octanol–water partition coefficient (Wildman–Crippen LogP) is 2.64. The number of carbonyl (C=O) groups excluding carboxylic acids is 2. The van der Waals surface area contributed by atoms with Crippen LogP contribution >= 0.6 is 0 Å². The number of anilines is 2. The molecule has 4 atom stereocenters. The van der Waals surface area contributed by atoms with Crippen LogP contribution in [0.1, 0.15) is 0 Å². The highest BCUT2D eigenvalue weighted by Gasteiger charge is 2.67. The summed E-state index contributed by atoms with van der Waals surface area (Å²) < 4.78 is 22.0. The summed E-state index contributed by atoms with van der Waals surface area (Å²) in [6.45, 7) is 0.367. The number of nitrogens with zero attached hydrogens (tertiary/aromatic N) is 1. The maximum absolute atomic E-state index is 13.5. The number of fused-ring (bicyclic) bond motifs is 1. The van der Waals surface area contributed by atoms with Gasteiger partial charge < -0.3 is 29.2 Å². The lowest BCUT2D eigenvalue weighted by Crippen LogP contribution is -2.41. The molecule has 3 heterocycles. The molecule has 2 saturated heterocycles. The molecule has 8 heteroatoms. The maximum Gasteiger partial charge on any atom is 0.234 e. The van der Waals surface area contributed by atoms with E-state index in [1.807, 2.05) is 36.4 Å². The molecule has 32 heavy (non-hydrogen) atoms. The molecule has 2 bridgehead atoms. The van der Waals surface area contributed by atoms with Gasteiger partial charge in [-0.15, -0.1) is 0 Å². The van der Waals surface area contributed by atoms with Gasteiger partial charge in [-0.2, -0.15) is 0 Å². The summed E-state index contributed by atoms with van der Waals surface area (Å²) in [4.78, 5) is 28.5. The van der Waals surface area contributed by atoms with Crippen LogP contribution in [0.3, 0.4) is 0 Å². The highest BCUT2D eigenvalue weighted by Crippen LogP contribution is 2.53. The number of hydrogen-bond acceptors (Lipinski definition) is 6. The van der Waals surface area contributed by atoms with Crippen LogP contribution in [-0.4, -0.2) is 51.4 Å². The second-order valence-electron chi connectivity index (χ2n) is 8.08. The molecule has 8 nitrogen and oxygen atoms in total. The van der Waals surface area contributed by atoms with E-state index >= 15 is 0 Å². The van der Waals surface area contributed by atoms with Crippen molar-refractivity contribution in [2.24, 2.45) is 11.8 Å².